The number of aliphatic carboxylic acids is 1. The fourth-order valence-corrected chi connectivity index (χ4v) is 2.52. The second kappa shape index (κ2) is 3.81. The Labute approximate surface area is 88.2 Å². The lowest BCUT2D eigenvalue weighted by molar-refractivity contribution is -0.141. The molecule has 1 heterocycles. The van der Waals surface area contributed by atoms with Crippen molar-refractivity contribution in [1.29, 1.82) is 0 Å². The van der Waals surface area contributed by atoms with Gasteiger partial charge in [-0.2, -0.15) is 0 Å². The van der Waals surface area contributed by atoms with Crippen LogP contribution in [0.25, 0.3) is 0 Å². The minimum atomic E-state index is -0.867. The van der Waals surface area contributed by atoms with E-state index in [0.717, 1.165) is 19.3 Å². The van der Waals surface area contributed by atoms with Gasteiger partial charge in [-0.3, -0.25) is 9.59 Å². The molecule has 0 aromatic rings. The maximum absolute atomic E-state index is 11.6. The molecule has 1 saturated heterocycles. The van der Waals surface area contributed by atoms with Crippen molar-refractivity contribution in [2.24, 2.45) is 11.7 Å². The fourth-order valence-electron chi connectivity index (χ4n) is 2.52. The van der Waals surface area contributed by atoms with E-state index in [0.29, 0.717) is 6.54 Å². The van der Waals surface area contributed by atoms with E-state index in [4.69, 9.17) is 10.8 Å². The normalized spacial score (nSPS) is 36.2. The second-order valence-corrected chi connectivity index (χ2v) is 4.51. The van der Waals surface area contributed by atoms with E-state index in [1.54, 1.807) is 4.90 Å². The number of nitrogens with two attached hydrogens (primary N) is 1. The Balaban J connectivity index is 1.99. The van der Waals surface area contributed by atoms with Gasteiger partial charge in [0.2, 0.25) is 5.91 Å². The highest BCUT2D eigenvalue weighted by Gasteiger charge is 2.39. The Morgan fingerprint density at radius 1 is 1.47 bits per heavy atom. The summed E-state index contributed by atoms with van der Waals surface area (Å²) in [5.41, 5.74) is 5.78. The highest BCUT2D eigenvalue weighted by molar-refractivity contribution is 5.86. The van der Waals surface area contributed by atoms with E-state index >= 15 is 0 Å². The zero-order valence-corrected chi connectivity index (χ0v) is 8.56. The highest BCUT2D eigenvalue weighted by atomic mass is 16.4. The first-order valence-corrected chi connectivity index (χ1v) is 5.35. The molecule has 84 valence electrons. The molecule has 3 unspecified atom stereocenters. The lowest BCUT2D eigenvalue weighted by Gasteiger charge is -2.23. The SMILES string of the molecule is NC1CCC(N2CC(C(=O)O)CC2=O)C1. The zero-order chi connectivity index (χ0) is 11.0. The van der Waals surface area contributed by atoms with Crippen molar-refractivity contribution in [2.45, 2.75) is 37.8 Å². The largest absolute Gasteiger partial charge is 0.481 e. The third-order valence-electron chi connectivity index (χ3n) is 3.39. The summed E-state index contributed by atoms with van der Waals surface area (Å²) in [4.78, 5) is 24.1. The Morgan fingerprint density at radius 2 is 2.20 bits per heavy atom. The molecule has 1 aliphatic carbocycles. The van der Waals surface area contributed by atoms with Gasteiger partial charge < -0.3 is 15.7 Å². The standard InChI is InChI=1S/C10H16N2O3/c11-7-1-2-8(4-7)12-5-6(10(14)15)3-9(12)13/h6-8H,1-5,11H2,(H,14,15). The van der Waals surface area contributed by atoms with Gasteiger partial charge >= 0.3 is 5.97 Å². The number of amides is 1. The lowest BCUT2D eigenvalue weighted by atomic mass is 10.1. The summed E-state index contributed by atoms with van der Waals surface area (Å²) in [6.45, 7) is 0.367. The minimum absolute atomic E-state index is 0.0264. The molecule has 0 aromatic heterocycles. The molecule has 5 heteroatoms. The molecule has 15 heavy (non-hydrogen) atoms. The van der Waals surface area contributed by atoms with Crippen molar-refractivity contribution in [1.82, 2.24) is 4.90 Å². The molecule has 0 bridgehead atoms. The first-order valence-electron chi connectivity index (χ1n) is 5.35. The van der Waals surface area contributed by atoms with Crippen molar-refractivity contribution >= 4 is 11.9 Å². The second-order valence-electron chi connectivity index (χ2n) is 4.51. The van der Waals surface area contributed by atoms with Crippen LogP contribution in [0.2, 0.25) is 0 Å². The van der Waals surface area contributed by atoms with E-state index in [1.807, 2.05) is 0 Å². The van der Waals surface area contributed by atoms with Crippen LogP contribution in [0.5, 0.6) is 0 Å². The van der Waals surface area contributed by atoms with Gasteiger partial charge in [0, 0.05) is 25.0 Å². The molecule has 1 aliphatic heterocycles. The number of carboxylic acid groups (broad SMARTS) is 1. The number of rotatable bonds is 2. The lowest BCUT2D eigenvalue weighted by Crippen LogP contribution is -2.36. The molecule has 0 radical (unpaired) electrons. The van der Waals surface area contributed by atoms with Gasteiger partial charge in [0.1, 0.15) is 0 Å². The van der Waals surface area contributed by atoms with Crippen molar-refractivity contribution in [2.75, 3.05) is 6.54 Å². The molecule has 2 rings (SSSR count). The van der Waals surface area contributed by atoms with Crippen molar-refractivity contribution in [3.8, 4) is 0 Å². The summed E-state index contributed by atoms with van der Waals surface area (Å²) in [7, 11) is 0. The molecule has 0 aromatic carbocycles. The predicted molar refractivity (Wildman–Crippen MR) is 53.1 cm³/mol. The molecule has 2 aliphatic rings. The number of hydrogen-bond donors (Lipinski definition) is 2. The van der Waals surface area contributed by atoms with E-state index in [-0.39, 0.29) is 24.4 Å². The molecule has 0 spiro atoms. The van der Waals surface area contributed by atoms with Gasteiger partial charge in [-0.15, -0.1) is 0 Å². The minimum Gasteiger partial charge on any atom is -0.481 e. The number of likely N-dealkylation sites (tertiary alicyclic amines) is 1. The van der Waals surface area contributed by atoms with Gasteiger partial charge in [0.15, 0.2) is 0 Å². The average Bonchev–Trinajstić information content (AvgIpc) is 2.71. The Kier molecular flexibility index (Phi) is 2.65. The third-order valence-corrected chi connectivity index (χ3v) is 3.39. The maximum atomic E-state index is 11.6. The van der Waals surface area contributed by atoms with Crippen LogP contribution < -0.4 is 5.73 Å². The summed E-state index contributed by atoms with van der Waals surface area (Å²) in [5, 5.41) is 8.84. The smallest absolute Gasteiger partial charge is 0.308 e. The maximum Gasteiger partial charge on any atom is 0.308 e. The van der Waals surface area contributed by atoms with Gasteiger partial charge in [-0.25, -0.2) is 0 Å². The molecular weight excluding hydrogens is 196 g/mol. The van der Waals surface area contributed by atoms with E-state index in [9.17, 15) is 9.59 Å². The Morgan fingerprint density at radius 3 is 2.67 bits per heavy atom. The number of carboxylic acids is 1. The number of nitrogens with zero attached hydrogens (tertiary/aromatic N) is 1. The van der Waals surface area contributed by atoms with Crippen molar-refractivity contribution in [3.63, 3.8) is 0 Å². The van der Waals surface area contributed by atoms with Crippen LogP contribution in [-0.2, 0) is 9.59 Å². The van der Waals surface area contributed by atoms with Gasteiger partial charge in [-0.05, 0) is 19.3 Å². The quantitative estimate of drug-likeness (QED) is 0.664. The fraction of sp³-hybridized carbons (Fsp3) is 0.800. The van der Waals surface area contributed by atoms with Crippen LogP contribution in [0.4, 0.5) is 0 Å². The highest BCUT2D eigenvalue weighted by Crippen LogP contribution is 2.28. The first-order chi connectivity index (χ1) is 7.08. The molecule has 2 fully saturated rings. The van der Waals surface area contributed by atoms with Crippen LogP contribution in [0.1, 0.15) is 25.7 Å². The van der Waals surface area contributed by atoms with Crippen LogP contribution in [0.3, 0.4) is 0 Å². The summed E-state index contributed by atoms with van der Waals surface area (Å²) in [5.74, 6) is -1.41. The van der Waals surface area contributed by atoms with Gasteiger partial charge in [0.25, 0.3) is 0 Å². The number of carbonyl (C=O) groups excluding carboxylic acids is 1. The summed E-state index contributed by atoms with van der Waals surface area (Å²) in [6, 6.07) is 0.350. The molecule has 3 N–H and O–H groups in total. The van der Waals surface area contributed by atoms with Crippen LogP contribution in [0, 0.1) is 5.92 Å². The Bertz CT molecular complexity index is 292. The molecular formula is C10H16N2O3. The molecule has 3 atom stereocenters. The average molecular weight is 212 g/mol. The monoisotopic (exact) mass is 212 g/mol. The number of carbonyl (C=O) groups is 2. The zero-order valence-electron chi connectivity index (χ0n) is 8.56. The third kappa shape index (κ3) is 1.97. The summed E-state index contributed by atoms with van der Waals surface area (Å²) in [6.07, 6.45) is 2.82. The van der Waals surface area contributed by atoms with E-state index in [1.165, 1.54) is 0 Å². The Hall–Kier alpha value is -1.10. The van der Waals surface area contributed by atoms with E-state index in [2.05, 4.69) is 0 Å². The molecule has 5 nitrogen and oxygen atoms in total. The molecule has 1 amide bonds. The van der Waals surface area contributed by atoms with Gasteiger partial charge in [0.05, 0.1) is 5.92 Å². The van der Waals surface area contributed by atoms with Gasteiger partial charge in [-0.1, -0.05) is 0 Å². The number of hydrogen-bond acceptors (Lipinski definition) is 3. The van der Waals surface area contributed by atoms with Crippen LogP contribution in [0.15, 0.2) is 0 Å². The predicted octanol–water partition coefficient (Wildman–Crippen LogP) is -0.201. The summed E-state index contributed by atoms with van der Waals surface area (Å²) >= 11 is 0. The van der Waals surface area contributed by atoms with Crippen molar-refractivity contribution in [3.05, 3.63) is 0 Å². The summed E-state index contributed by atoms with van der Waals surface area (Å²) < 4.78 is 0. The van der Waals surface area contributed by atoms with E-state index < -0.39 is 11.9 Å². The first kappa shape index (κ1) is 10.4. The molecule has 1 saturated carbocycles. The van der Waals surface area contributed by atoms with Crippen LogP contribution in [-0.4, -0.2) is 40.5 Å². The van der Waals surface area contributed by atoms with Crippen molar-refractivity contribution < 1.29 is 14.7 Å². The topological polar surface area (TPSA) is 83.6 Å². The van der Waals surface area contributed by atoms with Crippen LogP contribution >= 0.6 is 0 Å².